The van der Waals surface area contributed by atoms with E-state index in [0.29, 0.717) is 11.4 Å². The molecule has 1 aromatic heterocycles. The van der Waals surface area contributed by atoms with Gasteiger partial charge in [-0.3, -0.25) is 9.59 Å². The number of aromatic nitrogens is 1. The van der Waals surface area contributed by atoms with Crippen LogP contribution >= 0.6 is 0 Å². The first-order valence-corrected chi connectivity index (χ1v) is 6.61. The Labute approximate surface area is 117 Å². The lowest BCUT2D eigenvalue weighted by atomic mass is 9.94. The molecule has 4 N–H and O–H groups in total. The van der Waals surface area contributed by atoms with Gasteiger partial charge in [0.15, 0.2) is 0 Å². The number of carbonyl (C=O) groups is 2. The second-order valence-corrected chi connectivity index (χ2v) is 5.75. The van der Waals surface area contributed by atoms with Crippen LogP contribution < -0.4 is 11.1 Å². The third-order valence-electron chi connectivity index (χ3n) is 3.59. The zero-order valence-corrected chi connectivity index (χ0v) is 11.7. The summed E-state index contributed by atoms with van der Waals surface area (Å²) in [6, 6.07) is 1.77. The molecule has 1 aliphatic rings. The molecular weight excluding hydrogens is 258 g/mol. The molecule has 108 valence electrons. The van der Waals surface area contributed by atoms with Gasteiger partial charge in [-0.05, 0) is 44.7 Å². The smallest absolute Gasteiger partial charge is 0.310 e. The van der Waals surface area contributed by atoms with Crippen molar-refractivity contribution in [3.63, 3.8) is 0 Å². The van der Waals surface area contributed by atoms with Crippen molar-refractivity contribution < 1.29 is 14.7 Å². The number of rotatable bonds is 5. The van der Waals surface area contributed by atoms with Crippen LogP contribution in [0.15, 0.2) is 6.07 Å². The lowest BCUT2D eigenvalue weighted by Crippen LogP contribution is -2.32. The van der Waals surface area contributed by atoms with Crippen molar-refractivity contribution in [1.29, 1.82) is 0 Å². The molecule has 0 radical (unpaired) electrons. The maximum atomic E-state index is 11.5. The standard InChI is InChI=1S/C14H19N3O3/c1-14(2,13(19)20)7-16-12-9(11(15)18)6-8-4-3-5-10(8)17-12/h6H,3-5,7H2,1-2H3,(H2,15,18)(H,16,17)(H,19,20). The van der Waals surface area contributed by atoms with Crippen molar-refractivity contribution in [2.45, 2.75) is 33.1 Å². The number of hydrogen-bond acceptors (Lipinski definition) is 4. The topological polar surface area (TPSA) is 105 Å². The summed E-state index contributed by atoms with van der Waals surface area (Å²) in [6.45, 7) is 3.40. The Morgan fingerprint density at radius 2 is 2.15 bits per heavy atom. The summed E-state index contributed by atoms with van der Waals surface area (Å²) < 4.78 is 0. The van der Waals surface area contributed by atoms with E-state index in [2.05, 4.69) is 10.3 Å². The molecule has 1 amide bonds. The second-order valence-electron chi connectivity index (χ2n) is 5.75. The number of carboxylic acid groups (broad SMARTS) is 1. The normalized spacial score (nSPS) is 13.9. The van der Waals surface area contributed by atoms with Gasteiger partial charge < -0.3 is 16.2 Å². The number of aryl methyl sites for hydroxylation is 2. The molecule has 0 saturated heterocycles. The second kappa shape index (κ2) is 5.11. The van der Waals surface area contributed by atoms with Gasteiger partial charge in [-0.2, -0.15) is 0 Å². The largest absolute Gasteiger partial charge is 0.481 e. The van der Waals surface area contributed by atoms with Crippen molar-refractivity contribution in [2.24, 2.45) is 11.1 Å². The van der Waals surface area contributed by atoms with Crippen LogP contribution in [0.5, 0.6) is 0 Å². The number of primary amides is 1. The minimum Gasteiger partial charge on any atom is -0.481 e. The maximum Gasteiger partial charge on any atom is 0.310 e. The monoisotopic (exact) mass is 277 g/mol. The van der Waals surface area contributed by atoms with Crippen LogP contribution in [-0.2, 0) is 17.6 Å². The number of hydrogen-bond donors (Lipinski definition) is 3. The fourth-order valence-corrected chi connectivity index (χ4v) is 2.17. The fourth-order valence-electron chi connectivity index (χ4n) is 2.17. The van der Waals surface area contributed by atoms with Crippen LogP contribution in [0.1, 0.15) is 41.9 Å². The number of carbonyl (C=O) groups excluding carboxylic acids is 1. The summed E-state index contributed by atoms with van der Waals surface area (Å²) in [7, 11) is 0. The Morgan fingerprint density at radius 1 is 1.45 bits per heavy atom. The lowest BCUT2D eigenvalue weighted by Gasteiger charge is -2.21. The van der Waals surface area contributed by atoms with E-state index in [1.54, 1.807) is 19.9 Å². The molecule has 20 heavy (non-hydrogen) atoms. The predicted molar refractivity (Wildman–Crippen MR) is 74.7 cm³/mol. The summed E-state index contributed by atoms with van der Waals surface area (Å²) >= 11 is 0. The maximum absolute atomic E-state index is 11.5. The number of amides is 1. The van der Waals surface area contributed by atoms with Gasteiger partial charge in [0.05, 0.1) is 11.0 Å². The van der Waals surface area contributed by atoms with E-state index in [1.165, 1.54) is 0 Å². The van der Waals surface area contributed by atoms with Crippen LogP contribution in [0.4, 0.5) is 5.82 Å². The minimum atomic E-state index is -0.949. The highest BCUT2D eigenvalue weighted by molar-refractivity contribution is 5.98. The van der Waals surface area contributed by atoms with E-state index in [4.69, 9.17) is 10.8 Å². The highest BCUT2D eigenvalue weighted by Gasteiger charge is 2.28. The third-order valence-corrected chi connectivity index (χ3v) is 3.59. The van der Waals surface area contributed by atoms with Gasteiger partial charge in [-0.1, -0.05) is 0 Å². The van der Waals surface area contributed by atoms with E-state index in [9.17, 15) is 9.59 Å². The summed E-state index contributed by atoms with van der Waals surface area (Å²) in [6.07, 6.45) is 2.81. The van der Waals surface area contributed by atoms with Crippen molar-refractivity contribution in [3.05, 3.63) is 22.9 Å². The number of nitrogens with two attached hydrogens (primary N) is 1. The van der Waals surface area contributed by atoms with Crippen LogP contribution in [0.2, 0.25) is 0 Å². The Balaban J connectivity index is 2.27. The molecule has 1 aliphatic carbocycles. The van der Waals surface area contributed by atoms with Gasteiger partial charge in [-0.15, -0.1) is 0 Å². The van der Waals surface area contributed by atoms with Crippen molar-refractivity contribution >= 4 is 17.7 Å². The van der Waals surface area contributed by atoms with Gasteiger partial charge in [-0.25, -0.2) is 4.98 Å². The molecule has 1 heterocycles. The molecule has 6 nitrogen and oxygen atoms in total. The first-order valence-electron chi connectivity index (χ1n) is 6.61. The first-order chi connectivity index (χ1) is 9.31. The number of aliphatic carboxylic acids is 1. The Kier molecular flexibility index (Phi) is 3.65. The van der Waals surface area contributed by atoms with Crippen molar-refractivity contribution in [2.75, 3.05) is 11.9 Å². The average molecular weight is 277 g/mol. The molecule has 0 atom stereocenters. The molecule has 0 fully saturated rings. The molecule has 2 rings (SSSR count). The molecular formula is C14H19N3O3. The van der Waals surface area contributed by atoms with E-state index in [0.717, 1.165) is 30.5 Å². The molecule has 0 aromatic carbocycles. The summed E-state index contributed by atoms with van der Waals surface area (Å²) in [4.78, 5) is 27.0. The Morgan fingerprint density at radius 3 is 2.75 bits per heavy atom. The van der Waals surface area contributed by atoms with Gasteiger partial charge in [0, 0.05) is 12.2 Å². The highest BCUT2D eigenvalue weighted by Crippen LogP contribution is 2.26. The number of carboxylic acids is 1. The van der Waals surface area contributed by atoms with Crippen LogP contribution in [0.3, 0.4) is 0 Å². The fraction of sp³-hybridized carbons (Fsp3) is 0.500. The molecule has 0 unspecified atom stereocenters. The van der Waals surface area contributed by atoms with Crippen LogP contribution in [-0.4, -0.2) is 28.5 Å². The van der Waals surface area contributed by atoms with E-state index >= 15 is 0 Å². The van der Waals surface area contributed by atoms with Crippen LogP contribution in [0.25, 0.3) is 0 Å². The van der Waals surface area contributed by atoms with Crippen LogP contribution in [0, 0.1) is 5.41 Å². The van der Waals surface area contributed by atoms with Crippen molar-refractivity contribution in [3.8, 4) is 0 Å². The summed E-state index contributed by atoms with van der Waals surface area (Å²) in [5.74, 6) is -1.08. The zero-order valence-electron chi connectivity index (χ0n) is 11.7. The SMILES string of the molecule is CC(C)(CNc1nc2c(cc1C(N)=O)CCC2)C(=O)O. The summed E-state index contributed by atoms with van der Waals surface area (Å²) in [5, 5.41) is 12.1. The molecule has 0 spiro atoms. The lowest BCUT2D eigenvalue weighted by molar-refractivity contribution is -0.146. The number of nitrogens with zero attached hydrogens (tertiary/aromatic N) is 1. The van der Waals surface area contributed by atoms with E-state index in [-0.39, 0.29) is 6.54 Å². The first kappa shape index (κ1) is 14.3. The van der Waals surface area contributed by atoms with Gasteiger partial charge in [0.2, 0.25) is 0 Å². The number of anilines is 1. The predicted octanol–water partition coefficient (Wildman–Crippen LogP) is 1.19. The van der Waals surface area contributed by atoms with Crippen molar-refractivity contribution in [1.82, 2.24) is 4.98 Å². The molecule has 6 heteroatoms. The van der Waals surface area contributed by atoms with E-state index in [1.807, 2.05) is 0 Å². The Bertz CT molecular complexity index is 567. The summed E-state index contributed by atoms with van der Waals surface area (Å²) in [5.41, 5.74) is 6.77. The molecule has 0 bridgehead atoms. The molecule has 1 aromatic rings. The number of fused-ring (bicyclic) bond motifs is 1. The number of nitrogens with one attached hydrogen (secondary N) is 1. The number of pyridine rings is 1. The third kappa shape index (κ3) is 2.74. The van der Waals surface area contributed by atoms with Gasteiger partial charge >= 0.3 is 5.97 Å². The van der Waals surface area contributed by atoms with Gasteiger partial charge in [0.1, 0.15) is 5.82 Å². The molecule has 0 saturated carbocycles. The Hall–Kier alpha value is -2.11. The zero-order chi connectivity index (χ0) is 14.9. The molecule has 0 aliphatic heterocycles. The van der Waals surface area contributed by atoms with E-state index < -0.39 is 17.3 Å². The highest BCUT2D eigenvalue weighted by atomic mass is 16.4. The van der Waals surface area contributed by atoms with Gasteiger partial charge in [0.25, 0.3) is 5.91 Å². The average Bonchev–Trinajstić information content (AvgIpc) is 2.81. The minimum absolute atomic E-state index is 0.175. The quantitative estimate of drug-likeness (QED) is 0.749.